The van der Waals surface area contributed by atoms with Crippen molar-refractivity contribution < 1.29 is 9.90 Å². The Morgan fingerprint density at radius 1 is 1.44 bits per heavy atom. The summed E-state index contributed by atoms with van der Waals surface area (Å²) < 4.78 is 0. The van der Waals surface area contributed by atoms with Crippen molar-refractivity contribution in [3.05, 3.63) is 59.9 Å². The van der Waals surface area contributed by atoms with E-state index in [0.717, 1.165) is 12.7 Å². The zero-order valence-electron chi connectivity index (χ0n) is 10.0. The number of aliphatic hydroxyl groups is 1. The highest BCUT2D eigenvalue weighted by atomic mass is 16.2. The van der Waals surface area contributed by atoms with Gasteiger partial charge in [0.25, 0.3) is 5.91 Å². The third-order valence-electron chi connectivity index (χ3n) is 3.90. The summed E-state index contributed by atoms with van der Waals surface area (Å²) in [5.74, 6) is 0.0155. The second-order valence-electron chi connectivity index (χ2n) is 4.78. The highest BCUT2D eigenvalue weighted by Crippen LogP contribution is 2.49. The fourth-order valence-electron chi connectivity index (χ4n) is 3.18. The van der Waals surface area contributed by atoms with Crippen LogP contribution in [0.2, 0.25) is 0 Å². The number of carbonyl (C=O) groups is 1. The van der Waals surface area contributed by atoms with E-state index >= 15 is 0 Å². The molecule has 2 unspecified atom stereocenters. The van der Waals surface area contributed by atoms with Crippen LogP contribution in [-0.4, -0.2) is 22.5 Å². The van der Waals surface area contributed by atoms with Gasteiger partial charge in [0.1, 0.15) is 0 Å². The molecule has 3 heteroatoms. The average molecular weight is 241 g/mol. The Bertz CT molecular complexity index is 547. The molecule has 0 saturated carbocycles. The second-order valence-corrected chi connectivity index (χ2v) is 4.78. The molecule has 1 amide bonds. The number of benzene rings is 1. The van der Waals surface area contributed by atoms with E-state index in [-0.39, 0.29) is 17.9 Å². The predicted octanol–water partition coefficient (Wildman–Crippen LogP) is 2.37. The number of likely N-dealkylation sites (tertiary alicyclic amines) is 1. The van der Waals surface area contributed by atoms with Crippen molar-refractivity contribution in [2.24, 2.45) is 5.92 Å². The average Bonchev–Trinajstić information content (AvgIpc) is 2.86. The number of hydrogen-bond acceptors (Lipinski definition) is 2. The van der Waals surface area contributed by atoms with Crippen molar-refractivity contribution in [2.45, 2.75) is 12.5 Å². The van der Waals surface area contributed by atoms with E-state index in [9.17, 15) is 9.90 Å². The Balaban J connectivity index is 2.09. The molecular formula is C15H15NO2. The number of rotatable bonds is 2. The Labute approximate surface area is 106 Å². The van der Waals surface area contributed by atoms with E-state index in [1.807, 2.05) is 12.1 Å². The molecule has 1 fully saturated rings. The number of fused-ring (bicyclic) bond motifs is 3. The molecule has 2 atom stereocenters. The first kappa shape index (κ1) is 11.1. The van der Waals surface area contributed by atoms with Gasteiger partial charge in [-0.25, -0.2) is 0 Å². The molecule has 0 radical (unpaired) electrons. The van der Waals surface area contributed by atoms with E-state index in [0.29, 0.717) is 12.1 Å². The Morgan fingerprint density at radius 3 is 2.94 bits per heavy atom. The van der Waals surface area contributed by atoms with Crippen molar-refractivity contribution in [1.82, 2.24) is 4.90 Å². The van der Waals surface area contributed by atoms with Crippen LogP contribution in [-0.2, 0) is 11.2 Å². The molecule has 92 valence electrons. The molecule has 1 aliphatic carbocycles. The molecule has 1 saturated heterocycles. The van der Waals surface area contributed by atoms with Crippen LogP contribution in [0.1, 0.15) is 17.2 Å². The number of nitrogens with zero attached hydrogens (tertiary/aromatic N) is 1. The van der Waals surface area contributed by atoms with Crippen molar-refractivity contribution >= 4 is 5.91 Å². The predicted molar refractivity (Wildman–Crippen MR) is 69.0 cm³/mol. The third kappa shape index (κ3) is 1.33. The highest BCUT2D eigenvalue weighted by Gasteiger charge is 2.48. The van der Waals surface area contributed by atoms with Gasteiger partial charge in [0.15, 0.2) is 0 Å². The van der Waals surface area contributed by atoms with Crippen molar-refractivity contribution in [1.29, 1.82) is 0 Å². The van der Waals surface area contributed by atoms with Crippen LogP contribution in [0.3, 0.4) is 0 Å². The van der Waals surface area contributed by atoms with Gasteiger partial charge in [-0.2, -0.15) is 0 Å². The van der Waals surface area contributed by atoms with Gasteiger partial charge >= 0.3 is 0 Å². The molecule has 18 heavy (non-hydrogen) atoms. The zero-order valence-corrected chi connectivity index (χ0v) is 10.0. The molecule has 2 aliphatic rings. The van der Waals surface area contributed by atoms with E-state index in [4.69, 9.17) is 0 Å². The first-order valence-corrected chi connectivity index (χ1v) is 6.12. The summed E-state index contributed by atoms with van der Waals surface area (Å²) in [7, 11) is 0. The minimum Gasteiger partial charge on any atom is -0.515 e. The van der Waals surface area contributed by atoms with E-state index in [1.165, 1.54) is 11.1 Å². The zero-order chi connectivity index (χ0) is 12.7. The molecular weight excluding hydrogens is 226 g/mol. The fourth-order valence-corrected chi connectivity index (χ4v) is 3.18. The maximum absolute atomic E-state index is 12.2. The Hall–Kier alpha value is -2.03. The maximum atomic E-state index is 12.2. The number of hydrogen-bond donors (Lipinski definition) is 1. The summed E-state index contributed by atoms with van der Waals surface area (Å²) >= 11 is 0. The van der Waals surface area contributed by atoms with E-state index < -0.39 is 0 Å². The van der Waals surface area contributed by atoms with E-state index in [2.05, 4.69) is 18.7 Å². The smallest absolute Gasteiger partial charge is 0.254 e. The lowest BCUT2D eigenvalue weighted by atomic mass is 9.97. The van der Waals surface area contributed by atoms with Crippen LogP contribution in [0.4, 0.5) is 0 Å². The maximum Gasteiger partial charge on any atom is 0.254 e. The molecule has 3 rings (SSSR count). The normalized spacial score (nSPS) is 27.4. The van der Waals surface area contributed by atoms with E-state index in [1.54, 1.807) is 11.0 Å². The van der Waals surface area contributed by atoms with Crippen molar-refractivity contribution in [2.75, 3.05) is 6.54 Å². The van der Waals surface area contributed by atoms with Crippen molar-refractivity contribution in [3.63, 3.8) is 0 Å². The van der Waals surface area contributed by atoms with Crippen LogP contribution in [0, 0.1) is 5.92 Å². The minimum atomic E-state index is -0.0677. The van der Waals surface area contributed by atoms with Gasteiger partial charge in [0.05, 0.1) is 17.9 Å². The highest BCUT2D eigenvalue weighted by molar-refractivity contribution is 5.97. The van der Waals surface area contributed by atoms with Gasteiger partial charge in [-0.1, -0.05) is 30.3 Å². The number of carbonyl (C=O) groups excluding carboxylic acids is 1. The van der Waals surface area contributed by atoms with Gasteiger partial charge in [0, 0.05) is 12.5 Å². The van der Waals surface area contributed by atoms with Crippen LogP contribution in [0.25, 0.3) is 0 Å². The quantitative estimate of drug-likeness (QED) is 0.490. The topological polar surface area (TPSA) is 40.5 Å². The molecule has 1 heterocycles. The molecule has 1 aliphatic heterocycles. The monoisotopic (exact) mass is 241 g/mol. The van der Waals surface area contributed by atoms with Gasteiger partial charge in [-0.05, 0) is 17.5 Å². The number of aliphatic hydroxyl groups excluding tert-OH is 1. The van der Waals surface area contributed by atoms with Crippen LogP contribution in [0.15, 0.2) is 48.8 Å². The van der Waals surface area contributed by atoms with Gasteiger partial charge < -0.3 is 10.0 Å². The van der Waals surface area contributed by atoms with Crippen molar-refractivity contribution in [3.8, 4) is 0 Å². The summed E-state index contributed by atoms with van der Waals surface area (Å²) in [5, 5.41) is 9.31. The molecule has 0 bridgehead atoms. The van der Waals surface area contributed by atoms with Crippen LogP contribution < -0.4 is 0 Å². The van der Waals surface area contributed by atoms with Gasteiger partial charge in [0.2, 0.25) is 0 Å². The minimum absolute atomic E-state index is 0.0603. The van der Waals surface area contributed by atoms with Crippen LogP contribution in [0.5, 0.6) is 0 Å². The SMILES string of the molecule is C=CCN1C(=O)C(=CO)C2Cc3ccccc3C21. The standard InChI is InChI=1S/C15H15NO2/c1-2-7-16-14-11-6-4-3-5-10(11)8-12(14)13(9-17)15(16)18/h2-6,9,12,14,17H,1,7-8H2. The fraction of sp³-hybridized carbons (Fsp3) is 0.267. The summed E-state index contributed by atoms with van der Waals surface area (Å²) in [6, 6.07) is 8.24. The van der Waals surface area contributed by atoms with Gasteiger partial charge in [-0.15, -0.1) is 6.58 Å². The Kier molecular flexibility index (Phi) is 2.47. The molecule has 1 aromatic carbocycles. The molecule has 0 spiro atoms. The van der Waals surface area contributed by atoms with Gasteiger partial charge in [-0.3, -0.25) is 4.79 Å². The summed E-state index contributed by atoms with van der Waals surface area (Å²) in [5.41, 5.74) is 3.00. The summed E-state index contributed by atoms with van der Waals surface area (Å²) in [6.07, 6.45) is 3.54. The molecule has 3 nitrogen and oxygen atoms in total. The lowest BCUT2D eigenvalue weighted by Crippen LogP contribution is -2.28. The molecule has 1 N–H and O–H groups in total. The lowest BCUT2D eigenvalue weighted by Gasteiger charge is -2.23. The first-order chi connectivity index (χ1) is 8.77. The lowest BCUT2D eigenvalue weighted by molar-refractivity contribution is -0.125. The third-order valence-corrected chi connectivity index (χ3v) is 3.90. The first-order valence-electron chi connectivity index (χ1n) is 6.12. The molecule has 1 aromatic rings. The number of amides is 1. The summed E-state index contributed by atoms with van der Waals surface area (Å²) in [6.45, 7) is 4.22. The van der Waals surface area contributed by atoms with Crippen LogP contribution >= 0.6 is 0 Å². The summed E-state index contributed by atoms with van der Waals surface area (Å²) in [4.78, 5) is 14.0. The largest absolute Gasteiger partial charge is 0.515 e. The molecule has 0 aromatic heterocycles. The Morgan fingerprint density at radius 2 is 2.22 bits per heavy atom. The second kappa shape index (κ2) is 4.02.